The highest BCUT2D eigenvalue weighted by molar-refractivity contribution is 9.10. The summed E-state index contributed by atoms with van der Waals surface area (Å²) in [6, 6.07) is 11.3. The van der Waals surface area contributed by atoms with E-state index in [0.717, 1.165) is 12.2 Å². The zero-order chi connectivity index (χ0) is 13.1. The van der Waals surface area contributed by atoms with Crippen molar-refractivity contribution in [2.24, 2.45) is 0 Å². The van der Waals surface area contributed by atoms with Crippen LogP contribution in [0.2, 0.25) is 0 Å². The Morgan fingerprint density at radius 1 is 1.06 bits per heavy atom. The Labute approximate surface area is 115 Å². The fraction of sp³-hybridized carbons (Fsp3) is 0.200. The predicted octanol–water partition coefficient (Wildman–Crippen LogP) is 4.82. The second-order valence-electron chi connectivity index (χ2n) is 4.40. The quantitative estimate of drug-likeness (QED) is 0.857. The summed E-state index contributed by atoms with van der Waals surface area (Å²) in [5.41, 5.74) is 4.71. The molecule has 1 nitrogen and oxygen atoms in total. The molecular weight excluding hydrogens is 293 g/mol. The van der Waals surface area contributed by atoms with E-state index in [1.807, 2.05) is 0 Å². The molecule has 0 aliphatic heterocycles. The fourth-order valence-electron chi connectivity index (χ4n) is 1.72. The van der Waals surface area contributed by atoms with Crippen molar-refractivity contribution in [3.05, 3.63) is 63.4 Å². The Balaban J connectivity index is 2.06. The van der Waals surface area contributed by atoms with Crippen molar-refractivity contribution in [2.45, 2.75) is 20.4 Å². The summed E-state index contributed by atoms with van der Waals surface area (Å²) in [4.78, 5) is 0. The van der Waals surface area contributed by atoms with Crippen LogP contribution in [0.3, 0.4) is 0 Å². The highest BCUT2D eigenvalue weighted by atomic mass is 79.9. The minimum Gasteiger partial charge on any atom is -0.381 e. The lowest BCUT2D eigenvalue weighted by atomic mass is 10.1. The highest BCUT2D eigenvalue weighted by Gasteiger charge is 2.01. The normalized spacial score (nSPS) is 10.4. The van der Waals surface area contributed by atoms with Crippen LogP contribution in [-0.2, 0) is 6.54 Å². The number of rotatable bonds is 3. The molecule has 2 aromatic carbocycles. The molecule has 0 fully saturated rings. The summed E-state index contributed by atoms with van der Waals surface area (Å²) in [5.74, 6) is -0.244. The first-order valence-corrected chi connectivity index (χ1v) is 6.60. The number of halogens is 2. The van der Waals surface area contributed by atoms with Crippen LogP contribution in [0.15, 0.2) is 40.9 Å². The average Bonchev–Trinajstić information content (AvgIpc) is 2.35. The molecule has 0 atom stereocenters. The van der Waals surface area contributed by atoms with E-state index < -0.39 is 0 Å². The fourth-order valence-corrected chi connectivity index (χ4v) is 2.10. The van der Waals surface area contributed by atoms with Gasteiger partial charge in [0.2, 0.25) is 0 Å². The van der Waals surface area contributed by atoms with E-state index in [4.69, 9.17) is 0 Å². The molecule has 94 valence electrons. The number of anilines is 1. The molecule has 0 saturated heterocycles. The number of benzene rings is 2. The van der Waals surface area contributed by atoms with Gasteiger partial charge in [0.25, 0.3) is 0 Å². The molecule has 0 bridgehead atoms. The van der Waals surface area contributed by atoms with Gasteiger partial charge in [-0.25, -0.2) is 4.39 Å². The molecule has 0 spiro atoms. The van der Waals surface area contributed by atoms with Crippen molar-refractivity contribution >= 4 is 21.6 Å². The smallest absolute Gasteiger partial charge is 0.137 e. The number of hydrogen-bond donors (Lipinski definition) is 1. The molecule has 0 radical (unpaired) electrons. The molecule has 3 heteroatoms. The first-order valence-electron chi connectivity index (χ1n) is 5.81. The van der Waals surface area contributed by atoms with Crippen molar-refractivity contribution < 1.29 is 4.39 Å². The van der Waals surface area contributed by atoms with E-state index in [1.54, 1.807) is 12.1 Å². The lowest BCUT2D eigenvalue weighted by Gasteiger charge is -2.09. The third-order valence-corrected chi connectivity index (χ3v) is 3.60. The average molecular weight is 308 g/mol. The molecule has 2 rings (SSSR count). The third-order valence-electron chi connectivity index (χ3n) is 2.99. The largest absolute Gasteiger partial charge is 0.381 e. The standard InChI is InChI=1S/C15H15BrFN/c1-10-3-4-12(7-11(10)2)9-18-13-5-6-15(17)14(16)8-13/h3-8,18H,9H2,1-2H3. The van der Waals surface area contributed by atoms with Crippen LogP contribution >= 0.6 is 15.9 Å². The molecule has 0 aliphatic rings. The van der Waals surface area contributed by atoms with Crippen molar-refractivity contribution in [3.63, 3.8) is 0 Å². The van der Waals surface area contributed by atoms with Gasteiger partial charge in [-0.1, -0.05) is 18.2 Å². The topological polar surface area (TPSA) is 12.0 Å². The van der Waals surface area contributed by atoms with E-state index in [1.165, 1.54) is 22.8 Å². The van der Waals surface area contributed by atoms with Crippen LogP contribution in [0.1, 0.15) is 16.7 Å². The van der Waals surface area contributed by atoms with Crippen molar-refractivity contribution in [3.8, 4) is 0 Å². The van der Waals surface area contributed by atoms with Gasteiger partial charge in [-0.05, 0) is 64.7 Å². The van der Waals surface area contributed by atoms with Crippen molar-refractivity contribution in [2.75, 3.05) is 5.32 Å². The Bertz CT molecular complexity index is 515. The van der Waals surface area contributed by atoms with Crippen LogP contribution in [0.25, 0.3) is 0 Å². The van der Waals surface area contributed by atoms with Gasteiger partial charge in [-0.2, -0.15) is 0 Å². The summed E-state index contributed by atoms with van der Waals surface area (Å²) in [6.07, 6.45) is 0. The SMILES string of the molecule is Cc1ccc(CNc2ccc(F)c(Br)c2)cc1C. The molecule has 0 aliphatic carbocycles. The van der Waals surface area contributed by atoms with Gasteiger partial charge in [0, 0.05) is 12.2 Å². The van der Waals surface area contributed by atoms with Gasteiger partial charge in [-0.3, -0.25) is 0 Å². The Hall–Kier alpha value is -1.35. The van der Waals surface area contributed by atoms with Crippen LogP contribution < -0.4 is 5.32 Å². The Morgan fingerprint density at radius 3 is 2.50 bits per heavy atom. The highest BCUT2D eigenvalue weighted by Crippen LogP contribution is 2.20. The maximum atomic E-state index is 13.1. The number of nitrogens with one attached hydrogen (secondary N) is 1. The first kappa shape index (κ1) is 13.1. The lowest BCUT2D eigenvalue weighted by Crippen LogP contribution is -2.00. The summed E-state index contributed by atoms with van der Waals surface area (Å²) in [5, 5.41) is 3.28. The summed E-state index contributed by atoms with van der Waals surface area (Å²) < 4.78 is 13.6. The molecule has 1 N–H and O–H groups in total. The maximum Gasteiger partial charge on any atom is 0.137 e. The van der Waals surface area contributed by atoms with E-state index in [-0.39, 0.29) is 5.82 Å². The van der Waals surface area contributed by atoms with Gasteiger partial charge in [0.15, 0.2) is 0 Å². The van der Waals surface area contributed by atoms with Crippen LogP contribution in [0.5, 0.6) is 0 Å². The van der Waals surface area contributed by atoms with Crippen molar-refractivity contribution in [1.82, 2.24) is 0 Å². The van der Waals surface area contributed by atoms with Crippen molar-refractivity contribution in [1.29, 1.82) is 0 Å². The van der Waals surface area contributed by atoms with Crippen LogP contribution in [0, 0.1) is 19.7 Å². The third kappa shape index (κ3) is 3.10. The van der Waals surface area contributed by atoms with Crippen LogP contribution in [0.4, 0.5) is 10.1 Å². The van der Waals surface area contributed by atoms with E-state index in [9.17, 15) is 4.39 Å². The van der Waals surface area contributed by atoms with E-state index in [0.29, 0.717) is 4.47 Å². The zero-order valence-corrected chi connectivity index (χ0v) is 12.0. The zero-order valence-electron chi connectivity index (χ0n) is 10.4. The first-order chi connectivity index (χ1) is 8.56. The summed E-state index contributed by atoms with van der Waals surface area (Å²) in [7, 11) is 0. The van der Waals surface area contributed by atoms with Gasteiger partial charge in [0.1, 0.15) is 5.82 Å². The molecule has 0 aromatic heterocycles. The van der Waals surface area contributed by atoms with Crippen LogP contribution in [-0.4, -0.2) is 0 Å². The second-order valence-corrected chi connectivity index (χ2v) is 5.26. The maximum absolute atomic E-state index is 13.1. The summed E-state index contributed by atoms with van der Waals surface area (Å²) >= 11 is 3.18. The molecular formula is C15H15BrFN. The Morgan fingerprint density at radius 2 is 1.83 bits per heavy atom. The number of aryl methyl sites for hydroxylation is 2. The van der Waals surface area contributed by atoms with Gasteiger partial charge < -0.3 is 5.32 Å². The molecule has 2 aromatic rings. The molecule has 0 amide bonds. The van der Waals surface area contributed by atoms with Gasteiger partial charge in [0.05, 0.1) is 4.47 Å². The van der Waals surface area contributed by atoms with Gasteiger partial charge >= 0.3 is 0 Å². The molecule has 0 heterocycles. The molecule has 0 unspecified atom stereocenters. The lowest BCUT2D eigenvalue weighted by molar-refractivity contribution is 0.621. The number of hydrogen-bond acceptors (Lipinski definition) is 1. The summed E-state index contributed by atoms with van der Waals surface area (Å²) in [6.45, 7) is 4.94. The Kier molecular flexibility index (Phi) is 4.02. The molecule has 0 saturated carbocycles. The monoisotopic (exact) mass is 307 g/mol. The minimum absolute atomic E-state index is 0.244. The second kappa shape index (κ2) is 5.53. The predicted molar refractivity (Wildman–Crippen MR) is 77.3 cm³/mol. The minimum atomic E-state index is -0.244. The van der Waals surface area contributed by atoms with Gasteiger partial charge in [-0.15, -0.1) is 0 Å². The molecule has 18 heavy (non-hydrogen) atoms. The van der Waals surface area contributed by atoms with E-state index >= 15 is 0 Å². The van der Waals surface area contributed by atoms with E-state index in [2.05, 4.69) is 53.3 Å².